The maximum Gasteiger partial charge on any atom is 0.274 e. The molecule has 6 heterocycles. The molecule has 0 unspecified atom stereocenters. The number of carbonyl (C=O) groups is 1. The largest absolute Gasteiger partial charge is 0.334 e. The number of halogens is 1. The Morgan fingerprint density at radius 1 is 1.33 bits per heavy atom. The Balaban J connectivity index is 1.46. The van der Waals surface area contributed by atoms with E-state index >= 15 is 0 Å². The van der Waals surface area contributed by atoms with Crippen molar-refractivity contribution in [2.24, 2.45) is 7.05 Å². The monoisotopic (exact) mass is 386 g/mol. The molecule has 9 nitrogen and oxygen atoms in total. The fraction of sp³-hybridized carbons (Fsp3) is 0.412. The van der Waals surface area contributed by atoms with E-state index in [9.17, 15) is 4.79 Å². The zero-order chi connectivity index (χ0) is 18.5. The molecular weight excluding hydrogens is 368 g/mol. The van der Waals surface area contributed by atoms with Gasteiger partial charge in [-0.3, -0.25) is 9.48 Å². The smallest absolute Gasteiger partial charge is 0.274 e. The molecule has 2 bridgehead atoms. The summed E-state index contributed by atoms with van der Waals surface area (Å²) in [5, 5.41) is 15.3. The van der Waals surface area contributed by atoms with Crippen LogP contribution in [-0.4, -0.2) is 55.5 Å². The first-order valence-corrected chi connectivity index (χ1v) is 9.31. The number of amides is 1. The van der Waals surface area contributed by atoms with Gasteiger partial charge >= 0.3 is 0 Å². The Morgan fingerprint density at radius 3 is 2.89 bits per heavy atom. The molecular formula is C17H19ClN8O. The number of aryl methyl sites for hydroxylation is 1. The number of hydrogen-bond donors (Lipinski definition) is 2. The lowest BCUT2D eigenvalue weighted by Gasteiger charge is -2.45. The fourth-order valence-electron chi connectivity index (χ4n) is 3.88. The average Bonchev–Trinajstić information content (AvgIpc) is 3.24. The topological polar surface area (TPSA) is 92.4 Å². The number of rotatable bonds is 3. The number of fused-ring (bicyclic) bond motifs is 4. The van der Waals surface area contributed by atoms with Crippen molar-refractivity contribution in [1.82, 2.24) is 29.7 Å². The van der Waals surface area contributed by atoms with Gasteiger partial charge in [-0.15, -0.1) is 5.10 Å². The number of carbonyl (C=O) groups excluding carboxylic acids is 1. The van der Waals surface area contributed by atoms with Crippen molar-refractivity contribution in [3.8, 4) is 0 Å². The highest BCUT2D eigenvalue weighted by atomic mass is 35.5. The second-order valence-electron chi connectivity index (χ2n) is 7.06. The highest BCUT2D eigenvalue weighted by molar-refractivity contribution is 6.32. The van der Waals surface area contributed by atoms with Crippen LogP contribution in [0.4, 0.5) is 11.6 Å². The van der Waals surface area contributed by atoms with Crippen LogP contribution in [0, 0.1) is 0 Å². The Hall–Kier alpha value is -2.65. The number of anilines is 2. The van der Waals surface area contributed by atoms with Gasteiger partial charge in [-0.25, -0.2) is 9.50 Å². The van der Waals surface area contributed by atoms with Gasteiger partial charge in [0.1, 0.15) is 5.69 Å². The molecule has 6 rings (SSSR count). The van der Waals surface area contributed by atoms with Crippen molar-refractivity contribution in [1.29, 1.82) is 0 Å². The molecule has 3 fully saturated rings. The normalized spacial score (nSPS) is 21.8. The van der Waals surface area contributed by atoms with E-state index in [1.807, 2.05) is 6.07 Å². The van der Waals surface area contributed by atoms with Crippen LogP contribution in [0.1, 0.15) is 23.3 Å². The van der Waals surface area contributed by atoms with Crippen molar-refractivity contribution in [2.45, 2.75) is 24.9 Å². The molecule has 3 aromatic heterocycles. The molecule has 1 amide bonds. The Morgan fingerprint density at radius 2 is 2.22 bits per heavy atom. The Kier molecular flexibility index (Phi) is 3.80. The van der Waals surface area contributed by atoms with Crippen molar-refractivity contribution in [3.05, 3.63) is 35.4 Å². The lowest BCUT2D eigenvalue weighted by Crippen LogP contribution is -2.61. The van der Waals surface area contributed by atoms with E-state index in [0.29, 0.717) is 29.4 Å². The average molecular weight is 387 g/mol. The first-order valence-electron chi connectivity index (χ1n) is 8.94. The van der Waals surface area contributed by atoms with Crippen LogP contribution in [0.25, 0.3) is 5.52 Å². The summed E-state index contributed by atoms with van der Waals surface area (Å²) < 4.78 is 3.19. The molecule has 2 atom stereocenters. The standard InChI is InChI=1S/C17H19ClN8O/c1-24-9-13(15(18)22-24)21-16(27)14-5-4-12-7-20-17(23-26(12)14)25-8-10-2-3-11(25)6-19-10/h4-5,7,9-11,19H,2-3,6,8H2,1H3,(H,21,27)/t10-,11-/m1/s1. The molecule has 0 spiro atoms. The number of hydrogen-bond acceptors (Lipinski definition) is 6. The summed E-state index contributed by atoms with van der Waals surface area (Å²) in [5.74, 6) is 0.361. The summed E-state index contributed by atoms with van der Waals surface area (Å²) in [6.07, 6.45) is 5.74. The number of nitrogens with zero attached hydrogens (tertiary/aromatic N) is 6. The van der Waals surface area contributed by atoms with Crippen molar-refractivity contribution in [2.75, 3.05) is 23.3 Å². The minimum Gasteiger partial charge on any atom is -0.334 e. The zero-order valence-corrected chi connectivity index (χ0v) is 15.5. The van der Waals surface area contributed by atoms with Crippen LogP contribution in [0.15, 0.2) is 24.5 Å². The van der Waals surface area contributed by atoms with Gasteiger partial charge in [0.15, 0.2) is 5.15 Å². The predicted octanol–water partition coefficient (Wildman–Crippen LogP) is 1.31. The van der Waals surface area contributed by atoms with E-state index < -0.39 is 0 Å². The Labute approximate surface area is 160 Å². The molecule has 0 radical (unpaired) electrons. The van der Waals surface area contributed by atoms with Gasteiger partial charge in [0, 0.05) is 38.4 Å². The van der Waals surface area contributed by atoms with Crippen LogP contribution in [0.3, 0.4) is 0 Å². The number of piperidine rings is 2. The van der Waals surface area contributed by atoms with Crippen molar-refractivity contribution >= 4 is 34.7 Å². The van der Waals surface area contributed by atoms with Gasteiger partial charge in [0.25, 0.3) is 5.91 Å². The molecule has 3 aliphatic heterocycles. The van der Waals surface area contributed by atoms with E-state index in [1.165, 1.54) is 6.42 Å². The van der Waals surface area contributed by atoms with Gasteiger partial charge in [-0.2, -0.15) is 5.10 Å². The molecule has 0 aromatic carbocycles. The highest BCUT2D eigenvalue weighted by Crippen LogP contribution is 2.26. The molecule has 0 aliphatic carbocycles. The minimum absolute atomic E-state index is 0.249. The van der Waals surface area contributed by atoms with Crippen LogP contribution < -0.4 is 15.5 Å². The van der Waals surface area contributed by atoms with Crippen molar-refractivity contribution < 1.29 is 4.79 Å². The lowest BCUT2D eigenvalue weighted by atomic mass is 9.93. The summed E-state index contributed by atoms with van der Waals surface area (Å²) >= 11 is 6.04. The van der Waals surface area contributed by atoms with Crippen LogP contribution in [0.2, 0.25) is 5.15 Å². The quantitative estimate of drug-likeness (QED) is 0.705. The zero-order valence-electron chi connectivity index (χ0n) is 14.8. The second kappa shape index (κ2) is 6.21. The van der Waals surface area contributed by atoms with Crippen LogP contribution in [0.5, 0.6) is 0 Å². The third-order valence-corrected chi connectivity index (χ3v) is 5.54. The van der Waals surface area contributed by atoms with E-state index in [0.717, 1.165) is 25.0 Å². The number of nitrogens with one attached hydrogen (secondary N) is 2. The molecule has 27 heavy (non-hydrogen) atoms. The van der Waals surface area contributed by atoms with E-state index in [1.54, 1.807) is 34.7 Å². The summed E-state index contributed by atoms with van der Waals surface area (Å²) in [7, 11) is 1.74. The lowest BCUT2D eigenvalue weighted by molar-refractivity contribution is 0.102. The summed E-state index contributed by atoms with van der Waals surface area (Å²) in [6, 6.07) is 4.44. The summed E-state index contributed by atoms with van der Waals surface area (Å²) in [6.45, 7) is 1.84. The second-order valence-corrected chi connectivity index (χ2v) is 7.42. The number of piperazine rings is 1. The molecule has 3 aromatic rings. The van der Waals surface area contributed by atoms with Gasteiger partial charge in [-0.05, 0) is 25.0 Å². The SMILES string of the molecule is Cn1cc(NC(=O)c2ccc3cnc(N4C[C@H]5CC[C@@H]4CN5)nn23)c(Cl)n1. The maximum absolute atomic E-state index is 12.8. The fourth-order valence-corrected chi connectivity index (χ4v) is 4.10. The Bertz CT molecular complexity index is 1020. The highest BCUT2D eigenvalue weighted by Gasteiger charge is 2.35. The van der Waals surface area contributed by atoms with Crippen LogP contribution in [-0.2, 0) is 7.05 Å². The molecule has 3 saturated heterocycles. The molecule has 2 N–H and O–H groups in total. The molecule has 140 valence electrons. The predicted molar refractivity (Wildman–Crippen MR) is 101 cm³/mol. The summed E-state index contributed by atoms with van der Waals surface area (Å²) in [4.78, 5) is 19.5. The molecule has 0 saturated carbocycles. The first-order chi connectivity index (χ1) is 13.1. The van der Waals surface area contributed by atoms with Gasteiger partial charge in [-0.1, -0.05) is 11.6 Å². The van der Waals surface area contributed by atoms with E-state index in [2.05, 4.69) is 30.7 Å². The van der Waals surface area contributed by atoms with Gasteiger partial charge in [0.05, 0.1) is 17.4 Å². The van der Waals surface area contributed by atoms with Crippen molar-refractivity contribution in [3.63, 3.8) is 0 Å². The maximum atomic E-state index is 12.8. The third kappa shape index (κ3) is 2.83. The number of aromatic nitrogens is 5. The first kappa shape index (κ1) is 16.5. The molecule has 10 heteroatoms. The van der Waals surface area contributed by atoms with Gasteiger partial charge < -0.3 is 15.5 Å². The third-order valence-electron chi connectivity index (χ3n) is 5.26. The van der Waals surface area contributed by atoms with E-state index in [-0.39, 0.29) is 11.1 Å². The van der Waals surface area contributed by atoms with E-state index in [4.69, 9.17) is 11.6 Å². The molecule has 3 aliphatic rings. The minimum atomic E-state index is -0.295. The summed E-state index contributed by atoms with van der Waals surface area (Å²) in [5.41, 5.74) is 1.66. The van der Waals surface area contributed by atoms with Crippen LogP contribution >= 0.6 is 11.6 Å². The van der Waals surface area contributed by atoms with Gasteiger partial charge in [0.2, 0.25) is 5.95 Å².